The summed E-state index contributed by atoms with van der Waals surface area (Å²) in [5.41, 5.74) is 4.58. The second-order valence-electron chi connectivity index (χ2n) is 9.25. The van der Waals surface area contributed by atoms with Gasteiger partial charge in [-0.15, -0.1) is 22.7 Å². The van der Waals surface area contributed by atoms with Gasteiger partial charge in [-0.05, 0) is 59.7 Å². The zero-order valence-corrected chi connectivity index (χ0v) is 24.0. The minimum atomic E-state index is -4.40. The SMILES string of the molecule is FC(F)(F)c1ccc(-c2ccc(-c3c4c(c(-c5ccc(-c6ccc(C(F)(F)F)cc6)s5)c5nsnc35)NSN4)s2)cc1. The van der Waals surface area contributed by atoms with E-state index in [9.17, 15) is 26.3 Å². The Labute approximate surface area is 250 Å². The molecule has 0 saturated carbocycles. The summed E-state index contributed by atoms with van der Waals surface area (Å²) in [4.78, 5) is 3.37. The molecule has 0 atom stereocenters. The largest absolute Gasteiger partial charge is 0.416 e. The van der Waals surface area contributed by atoms with Crippen LogP contribution in [0.1, 0.15) is 11.1 Å². The van der Waals surface area contributed by atoms with Gasteiger partial charge in [0.05, 0.1) is 46.4 Å². The van der Waals surface area contributed by atoms with E-state index in [1.54, 1.807) is 0 Å². The summed E-state index contributed by atoms with van der Waals surface area (Å²) in [5, 5.41) is 0. The van der Waals surface area contributed by atoms with Crippen molar-refractivity contribution in [2.45, 2.75) is 12.4 Å². The molecule has 0 fully saturated rings. The number of nitrogens with one attached hydrogen (secondary N) is 2. The first-order valence-electron chi connectivity index (χ1n) is 12.1. The quantitative estimate of drug-likeness (QED) is 0.147. The lowest BCUT2D eigenvalue weighted by Crippen LogP contribution is -2.03. The molecule has 0 radical (unpaired) electrons. The van der Waals surface area contributed by atoms with E-state index in [4.69, 9.17) is 0 Å². The first kappa shape index (κ1) is 27.3. The summed E-state index contributed by atoms with van der Waals surface area (Å²) in [6.07, 6.45) is -8.80. The Kier molecular flexibility index (Phi) is 6.49. The van der Waals surface area contributed by atoms with Gasteiger partial charge in [0.25, 0.3) is 0 Å². The van der Waals surface area contributed by atoms with E-state index >= 15 is 0 Å². The third-order valence-corrected chi connectivity index (χ3v) is 10.2. The molecule has 42 heavy (non-hydrogen) atoms. The first-order chi connectivity index (χ1) is 20.1. The number of aromatic nitrogens is 2. The number of halogens is 6. The van der Waals surface area contributed by atoms with E-state index in [2.05, 4.69) is 18.2 Å². The van der Waals surface area contributed by atoms with Crippen LogP contribution in [-0.2, 0) is 12.4 Å². The van der Waals surface area contributed by atoms with Crippen LogP contribution >= 0.6 is 46.5 Å². The van der Waals surface area contributed by atoms with Crippen LogP contribution in [0, 0.1) is 0 Å². The highest BCUT2D eigenvalue weighted by Crippen LogP contribution is 2.54. The van der Waals surface area contributed by atoms with Gasteiger partial charge in [-0.2, -0.15) is 35.1 Å². The lowest BCUT2D eigenvalue weighted by Gasteiger charge is -2.11. The maximum atomic E-state index is 13.0. The summed E-state index contributed by atoms with van der Waals surface area (Å²) in [6.45, 7) is 0. The van der Waals surface area contributed by atoms with Crippen LogP contribution in [0.4, 0.5) is 37.7 Å². The molecular formula is C28H14F6N4S4. The fourth-order valence-electron chi connectivity index (χ4n) is 4.72. The van der Waals surface area contributed by atoms with Crippen LogP contribution in [0.2, 0.25) is 0 Å². The van der Waals surface area contributed by atoms with Crippen molar-refractivity contribution >= 4 is 68.9 Å². The van der Waals surface area contributed by atoms with Crippen molar-refractivity contribution in [1.82, 2.24) is 8.75 Å². The Balaban J connectivity index is 1.29. The highest BCUT2D eigenvalue weighted by molar-refractivity contribution is 8.02. The van der Waals surface area contributed by atoms with Crippen molar-refractivity contribution in [3.05, 3.63) is 83.9 Å². The van der Waals surface area contributed by atoms with E-state index in [0.717, 1.165) is 78.0 Å². The number of fused-ring (bicyclic) bond motifs is 2. The van der Waals surface area contributed by atoms with Crippen LogP contribution in [0.25, 0.3) is 52.8 Å². The molecule has 212 valence electrons. The topological polar surface area (TPSA) is 49.8 Å². The average Bonchev–Trinajstić information content (AvgIpc) is 3.77. The lowest BCUT2D eigenvalue weighted by atomic mass is 10.0. The number of nitrogens with zero attached hydrogens (tertiary/aromatic N) is 2. The number of hydrogen-bond donors (Lipinski definition) is 2. The van der Waals surface area contributed by atoms with Gasteiger partial charge in [0, 0.05) is 30.6 Å². The maximum absolute atomic E-state index is 13.0. The van der Waals surface area contributed by atoms with Gasteiger partial charge in [0.15, 0.2) is 0 Å². The van der Waals surface area contributed by atoms with Crippen LogP contribution < -0.4 is 9.44 Å². The molecule has 3 aromatic heterocycles. The van der Waals surface area contributed by atoms with Crippen molar-refractivity contribution in [1.29, 1.82) is 0 Å². The monoisotopic (exact) mass is 648 g/mol. The smallest absolute Gasteiger partial charge is 0.309 e. The predicted octanol–water partition coefficient (Wildman–Crippen LogP) is 10.9. The molecule has 3 aromatic carbocycles. The fourth-order valence-corrected chi connectivity index (χ4v) is 8.07. The molecule has 7 rings (SSSR count). The summed E-state index contributed by atoms with van der Waals surface area (Å²) in [5.74, 6) is 0. The molecule has 4 heterocycles. The normalized spacial score (nSPS) is 13.3. The average molecular weight is 649 g/mol. The number of rotatable bonds is 4. The van der Waals surface area contributed by atoms with Crippen molar-refractivity contribution in [2.75, 3.05) is 9.44 Å². The Hall–Kier alpha value is -3.59. The lowest BCUT2D eigenvalue weighted by molar-refractivity contribution is -0.138. The first-order valence-corrected chi connectivity index (χ1v) is 15.3. The van der Waals surface area contributed by atoms with E-state index < -0.39 is 23.5 Å². The van der Waals surface area contributed by atoms with Crippen molar-refractivity contribution in [2.24, 2.45) is 0 Å². The molecule has 14 heteroatoms. The molecule has 1 aliphatic rings. The van der Waals surface area contributed by atoms with E-state index in [1.165, 1.54) is 59.1 Å². The number of hydrogen-bond acceptors (Lipinski definition) is 8. The zero-order chi connectivity index (χ0) is 29.2. The van der Waals surface area contributed by atoms with Gasteiger partial charge < -0.3 is 9.44 Å². The minimum absolute atomic E-state index is 0.676. The molecule has 0 bridgehead atoms. The van der Waals surface area contributed by atoms with E-state index in [-0.39, 0.29) is 0 Å². The third kappa shape index (κ3) is 4.71. The van der Waals surface area contributed by atoms with Crippen LogP contribution in [-0.4, -0.2) is 8.75 Å². The minimum Gasteiger partial charge on any atom is -0.309 e. The predicted molar refractivity (Wildman–Crippen MR) is 160 cm³/mol. The summed E-state index contributed by atoms with van der Waals surface area (Å²) >= 11 is 5.25. The molecule has 6 aromatic rings. The zero-order valence-electron chi connectivity index (χ0n) is 20.7. The number of thiophene rings is 2. The maximum Gasteiger partial charge on any atom is 0.416 e. The number of benzene rings is 3. The Morgan fingerprint density at radius 1 is 0.500 bits per heavy atom. The van der Waals surface area contributed by atoms with Crippen LogP contribution in [0.5, 0.6) is 0 Å². The van der Waals surface area contributed by atoms with Gasteiger partial charge in [-0.25, -0.2) is 0 Å². The van der Waals surface area contributed by atoms with Crippen LogP contribution in [0.15, 0.2) is 72.8 Å². The standard InChI is InChI=1S/C28H14F6N4S4/c29-27(30,31)15-5-1-13(2-6-15)17-9-11-19(39-17)21-23-25(37-41-35-23)22(26-24(21)36-42-38-26)20-12-10-18(40-20)14-3-7-16(8-4-14)28(32,33)34/h1-12,35,37H. The Bertz CT molecular complexity index is 1800. The highest BCUT2D eigenvalue weighted by atomic mass is 32.2. The number of alkyl halides is 6. The van der Waals surface area contributed by atoms with Crippen molar-refractivity contribution in [3.63, 3.8) is 0 Å². The van der Waals surface area contributed by atoms with Crippen molar-refractivity contribution in [3.8, 4) is 41.8 Å². The highest BCUT2D eigenvalue weighted by Gasteiger charge is 2.32. The van der Waals surface area contributed by atoms with Gasteiger partial charge in [-0.1, -0.05) is 24.3 Å². The second kappa shape index (κ2) is 10.0. The third-order valence-electron chi connectivity index (χ3n) is 6.72. The van der Waals surface area contributed by atoms with E-state index in [1.807, 2.05) is 24.3 Å². The van der Waals surface area contributed by atoms with Gasteiger partial charge in [0.2, 0.25) is 0 Å². The Morgan fingerprint density at radius 3 is 1.26 bits per heavy atom. The fraction of sp³-hybridized carbons (Fsp3) is 0.0714. The molecular weight excluding hydrogens is 635 g/mol. The molecule has 0 aliphatic carbocycles. The molecule has 0 unspecified atom stereocenters. The molecule has 4 nitrogen and oxygen atoms in total. The molecule has 1 aliphatic heterocycles. The molecule has 0 spiro atoms. The molecule has 0 saturated heterocycles. The number of anilines is 2. The van der Waals surface area contributed by atoms with Crippen molar-refractivity contribution < 1.29 is 26.3 Å². The van der Waals surface area contributed by atoms with Gasteiger partial charge in [0.1, 0.15) is 11.0 Å². The Morgan fingerprint density at radius 2 is 0.881 bits per heavy atom. The summed E-state index contributed by atoms with van der Waals surface area (Å²) in [6, 6.07) is 17.8. The molecule has 0 amide bonds. The summed E-state index contributed by atoms with van der Waals surface area (Å²) < 4.78 is 94.0. The van der Waals surface area contributed by atoms with E-state index in [0.29, 0.717) is 22.2 Å². The second-order valence-corrected chi connectivity index (χ2v) is 12.6. The summed E-state index contributed by atoms with van der Waals surface area (Å²) in [7, 11) is 0. The van der Waals surface area contributed by atoms with Gasteiger partial charge >= 0.3 is 12.4 Å². The van der Waals surface area contributed by atoms with Crippen LogP contribution in [0.3, 0.4) is 0 Å². The molecule has 2 N–H and O–H groups in total. The van der Waals surface area contributed by atoms with Gasteiger partial charge in [-0.3, -0.25) is 0 Å².